The summed E-state index contributed by atoms with van der Waals surface area (Å²) in [5.74, 6) is 0.0300. The highest BCUT2D eigenvalue weighted by atomic mass is 16.5. The van der Waals surface area contributed by atoms with E-state index in [1.165, 1.54) is 6.92 Å². The summed E-state index contributed by atoms with van der Waals surface area (Å²) in [7, 11) is 1.62. The van der Waals surface area contributed by atoms with Crippen LogP contribution in [0.5, 0.6) is 5.75 Å². The summed E-state index contributed by atoms with van der Waals surface area (Å²) in [6, 6.07) is 18.3. The van der Waals surface area contributed by atoms with E-state index in [0.717, 1.165) is 28.4 Å². The summed E-state index contributed by atoms with van der Waals surface area (Å²) >= 11 is 0. The molecular formula is C25H24N4O3. The molecule has 3 aromatic rings. The maximum Gasteiger partial charge on any atom is 0.266 e. The number of nitrogens with one attached hydrogen (secondary N) is 2. The molecule has 0 aliphatic carbocycles. The standard InChI is InChI=1S/C25H24N4O3/c1-16-12-19(17(2)29(16)23-8-10-24(32-4)11-9-23)13-20(15-26)25(31)28-22-7-5-6-21(14-22)27-18(3)30/h5-14H,1-4H3,(H,27,30)(H,28,31)/b20-13+. The van der Waals surface area contributed by atoms with Crippen LogP contribution in [0.25, 0.3) is 11.8 Å². The van der Waals surface area contributed by atoms with Crippen LogP contribution < -0.4 is 15.4 Å². The average molecular weight is 428 g/mol. The fourth-order valence-electron chi connectivity index (χ4n) is 3.44. The predicted molar refractivity (Wildman–Crippen MR) is 125 cm³/mol. The highest BCUT2D eigenvalue weighted by molar-refractivity contribution is 6.10. The molecule has 2 aromatic carbocycles. The van der Waals surface area contributed by atoms with Crippen LogP contribution in [0.3, 0.4) is 0 Å². The van der Waals surface area contributed by atoms with E-state index < -0.39 is 5.91 Å². The Morgan fingerprint density at radius 3 is 2.28 bits per heavy atom. The normalized spacial score (nSPS) is 10.9. The number of hydrogen-bond acceptors (Lipinski definition) is 4. The van der Waals surface area contributed by atoms with Crippen molar-refractivity contribution >= 4 is 29.3 Å². The first-order chi connectivity index (χ1) is 15.3. The number of methoxy groups -OCH3 is 1. The zero-order chi connectivity index (χ0) is 23.3. The van der Waals surface area contributed by atoms with Crippen molar-refractivity contribution in [2.24, 2.45) is 0 Å². The molecule has 0 saturated carbocycles. The topological polar surface area (TPSA) is 96.2 Å². The number of hydrogen-bond donors (Lipinski definition) is 2. The number of aryl methyl sites for hydroxylation is 1. The van der Waals surface area contributed by atoms with Gasteiger partial charge < -0.3 is 19.9 Å². The second-order valence-electron chi connectivity index (χ2n) is 7.25. The highest BCUT2D eigenvalue weighted by Crippen LogP contribution is 2.25. The number of aromatic nitrogens is 1. The van der Waals surface area contributed by atoms with Gasteiger partial charge in [-0.05, 0) is 74.0 Å². The average Bonchev–Trinajstić information content (AvgIpc) is 3.04. The first kappa shape index (κ1) is 22.4. The van der Waals surface area contributed by atoms with Gasteiger partial charge in [0.2, 0.25) is 5.91 Å². The zero-order valence-corrected chi connectivity index (χ0v) is 18.4. The molecule has 1 aromatic heterocycles. The van der Waals surface area contributed by atoms with Gasteiger partial charge in [-0.2, -0.15) is 5.26 Å². The van der Waals surface area contributed by atoms with Gasteiger partial charge in [-0.25, -0.2) is 0 Å². The molecule has 162 valence electrons. The number of nitriles is 1. The third-order valence-electron chi connectivity index (χ3n) is 4.91. The summed E-state index contributed by atoms with van der Waals surface area (Å²) < 4.78 is 7.27. The van der Waals surface area contributed by atoms with Crippen LogP contribution in [0, 0.1) is 25.2 Å². The minimum Gasteiger partial charge on any atom is -0.497 e. The Hall–Kier alpha value is -4.31. The zero-order valence-electron chi connectivity index (χ0n) is 18.4. The van der Waals surface area contributed by atoms with Crippen molar-refractivity contribution in [3.8, 4) is 17.5 Å². The molecule has 3 rings (SSSR count). The lowest BCUT2D eigenvalue weighted by molar-refractivity contribution is -0.114. The molecule has 0 aliphatic rings. The van der Waals surface area contributed by atoms with E-state index in [2.05, 4.69) is 15.2 Å². The Kier molecular flexibility index (Phi) is 6.76. The van der Waals surface area contributed by atoms with Crippen molar-refractivity contribution in [1.82, 2.24) is 4.57 Å². The van der Waals surface area contributed by atoms with Crippen LogP contribution in [-0.4, -0.2) is 23.5 Å². The van der Waals surface area contributed by atoms with Crippen molar-refractivity contribution in [2.45, 2.75) is 20.8 Å². The maximum atomic E-state index is 12.7. The highest BCUT2D eigenvalue weighted by Gasteiger charge is 2.14. The van der Waals surface area contributed by atoms with Crippen molar-refractivity contribution in [3.05, 3.63) is 77.1 Å². The minimum absolute atomic E-state index is 0.0232. The van der Waals surface area contributed by atoms with Crippen molar-refractivity contribution in [2.75, 3.05) is 17.7 Å². The number of nitrogens with zero attached hydrogens (tertiary/aromatic N) is 2. The molecule has 2 amide bonds. The molecule has 0 radical (unpaired) electrons. The van der Waals surface area contributed by atoms with E-state index in [9.17, 15) is 14.9 Å². The molecule has 0 bridgehead atoms. The summed E-state index contributed by atoms with van der Waals surface area (Å²) in [5, 5.41) is 15.0. The monoisotopic (exact) mass is 428 g/mol. The minimum atomic E-state index is -0.526. The van der Waals surface area contributed by atoms with Gasteiger partial charge in [0, 0.05) is 35.4 Å². The summed E-state index contributed by atoms with van der Waals surface area (Å²) in [6.45, 7) is 5.31. The maximum absolute atomic E-state index is 12.7. The molecule has 7 heteroatoms. The van der Waals surface area contributed by atoms with Crippen molar-refractivity contribution in [3.63, 3.8) is 0 Å². The fraction of sp³-hybridized carbons (Fsp3) is 0.160. The molecule has 0 spiro atoms. The quantitative estimate of drug-likeness (QED) is 0.443. The van der Waals surface area contributed by atoms with Gasteiger partial charge >= 0.3 is 0 Å². The van der Waals surface area contributed by atoms with Crippen LogP contribution in [0.2, 0.25) is 0 Å². The lowest BCUT2D eigenvalue weighted by Crippen LogP contribution is -2.14. The van der Waals surface area contributed by atoms with E-state index >= 15 is 0 Å². The van der Waals surface area contributed by atoms with Gasteiger partial charge in [0.25, 0.3) is 5.91 Å². The molecule has 0 fully saturated rings. The number of amides is 2. The second kappa shape index (κ2) is 9.67. The van der Waals surface area contributed by atoms with E-state index in [1.54, 1.807) is 37.5 Å². The first-order valence-corrected chi connectivity index (χ1v) is 9.96. The number of rotatable bonds is 6. The lowest BCUT2D eigenvalue weighted by Gasteiger charge is -2.10. The van der Waals surface area contributed by atoms with Crippen molar-refractivity contribution in [1.29, 1.82) is 5.26 Å². The smallest absolute Gasteiger partial charge is 0.266 e. The van der Waals surface area contributed by atoms with E-state index in [-0.39, 0.29) is 11.5 Å². The molecule has 0 unspecified atom stereocenters. The van der Waals surface area contributed by atoms with E-state index in [0.29, 0.717) is 11.4 Å². The van der Waals surface area contributed by atoms with Crippen LogP contribution >= 0.6 is 0 Å². The summed E-state index contributed by atoms with van der Waals surface area (Å²) in [4.78, 5) is 24.0. The van der Waals surface area contributed by atoms with E-state index in [4.69, 9.17) is 4.74 Å². The number of ether oxygens (including phenoxy) is 1. The molecular weight excluding hydrogens is 404 g/mol. The molecule has 32 heavy (non-hydrogen) atoms. The predicted octanol–water partition coefficient (Wildman–Crippen LogP) is 4.61. The molecule has 0 atom stereocenters. The van der Waals surface area contributed by atoms with Crippen LogP contribution in [0.1, 0.15) is 23.9 Å². The number of carbonyl (C=O) groups is 2. The molecule has 7 nitrogen and oxygen atoms in total. The van der Waals surface area contributed by atoms with Gasteiger partial charge in [0.05, 0.1) is 7.11 Å². The molecule has 0 saturated heterocycles. The fourth-order valence-corrected chi connectivity index (χ4v) is 3.44. The van der Waals surface area contributed by atoms with Crippen LogP contribution in [0.4, 0.5) is 11.4 Å². The lowest BCUT2D eigenvalue weighted by atomic mass is 10.1. The van der Waals surface area contributed by atoms with Gasteiger partial charge in [0.15, 0.2) is 0 Å². The Morgan fingerprint density at radius 1 is 1.03 bits per heavy atom. The molecule has 0 aliphatic heterocycles. The number of anilines is 2. The van der Waals surface area contributed by atoms with E-state index in [1.807, 2.05) is 50.2 Å². The third-order valence-corrected chi connectivity index (χ3v) is 4.91. The Bertz CT molecular complexity index is 1230. The molecule has 1 heterocycles. The second-order valence-corrected chi connectivity index (χ2v) is 7.25. The number of benzene rings is 2. The van der Waals surface area contributed by atoms with Crippen LogP contribution in [-0.2, 0) is 9.59 Å². The van der Waals surface area contributed by atoms with Crippen LogP contribution in [0.15, 0.2) is 60.2 Å². The van der Waals surface area contributed by atoms with Gasteiger partial charge in [-0.15, -0.1) is 0 Å². The Morgan fingerprint density at radius 2 is 1.69 bits per heavy atom. The largest absolute Gasteiger partial charge is 0.497 e. The first-order valence-electron chi connectivity index (χ1n) is 9.96. The number of carbonyl (C=O) groups excluding carboxylic acids is 2. The Labute approximate surface area is 186 Å². The van der Waals surface area contributed by atoms with Gasteiger partial charge in [-0.3, -0.25) is 9.59 Å². The third kappa shape index (κ3) is 5.05. The van der Waals surface area contributed by atoms with Gasteiger partial charge in [0.1, 0.15) is 17.4 Å². The summed E-state index contributed by atoms with van der Waals surface area (Å²) in [5.41, 5.74) is 4.62. The molecule has 2 N–H and O–H groups in total. The SMILES string of the molecule is COc1ccc(-n2c(C)cc(/C=C(\C#N)C(=O)Nc3cccc(NC(C)=O)c3)c2C)cc1. The van der Waals surface area contributed by atoms with Crippen molar-refractivity contribution < 1.29 is 14.3 Å². The van der Waals surface area contributed by atoms with Gasteiger partial charge in [-0.1, -0.05) is 6.07 Å². The summed E-state index contributed by atoms with van der Waals surface area (Å²) in [6.07, 6.45) is 1.58. The Balaban J connectivity index is 1.87.